The number of carbonyl (C=O) groups is 1. The Balaban J connectivity index is 1.07. The lowest BCUT2D eigenvalue weighted by molar-refractivity contribution is -0.117. The van der Waals surface area contributed by atoms with Gasteiger partial charge < -0.3 is 13.8 Å². The Morgan fingerprint density at radius 2 is 1.88 bits per heavy atom. The average molecular weight is 436 g/mol. The van der Waals surface area contributed by atoms with Crippen molar-refractivity contribution in [1.82, 2.24) is 10.1 Å². The molecule has 1 aliphatic carbocycles. The molecule has 0 radical (unpaired) electrons. The van der Waals surface area contributed by atoms with Crippen molar-refractivity contribution < 1.29 is 13.7 Å². The third-order valence-electron chi connectivity index (χ3n) is 7.58. The first kappa shape index (κ1) is 21.3. The number of para-hydroxylation sites is 1. The zero-order valence-corrected chi connectivity index (χ0v) is 18.9. The molecule has 0 unspecified atom stereocenters. The number of rotatable bonds is 6. The zero-order chi connectivity index (χ0) is 21.9. The summed E-state index contributed by atoms with van der Waals surface area (Å²) in [6, 6.07) is 10.4. The van der Waals surface area contributed by atoms with Crippen molar-refractivity contribution in [2.24, 2.45) is 5.92 Å². The van der Waals surface area contributed by atoms with Crippen molar-refractivity contribution in [2.75, 3.05) is 24.5 Å². The van der Waals surface area contributed by atoms with Gasteiger partial charge in [-0.3, -0.25) is 9.69 Å². The number of piperidine rings is 1. The van der Waals surface area contributed by atoms with Crippen molar-refractivity contribution in [1.29, 1.82) is 0 Å². The van der Waals surface area contributed by atoms with Crippen LogP contribution in [-0.2, 0) is 4.79 Å². The quantitative estimate of drug-likeness (QED) is 0.504. The molecule has 2 aromatic heterocycles. The van der Waals surface area contributed by atoms with Crippen molar-refractivity contribution in [3.8, 4) is 0 Å². The summed E-state index contributed by atoms with van der Waals surface area (Å²) >= 11 is 0. The van der Waals surface area contributed by atoms with Gasteiger partial charge in [-0.25, -0.2) is 0 Å². The molecule has 0 atom stereocenters. The molecule has 5 rings (SSSR count). The SMILES string of the molecule is CC(=O)N(c1ccon1)C1CCC(CCN2CCC(c3coc4ccccc34)CC2)CC1. The summed E-state index contributed by atoms with van der Waals surface area (Å²) < 4.78 is 10.7. The number of benzene rings is 1. The summed E-state index contributed by atoms with van der Waals surface area (Å²) in [7, 11) is 0. The van der Waals surface area contributed by atoms with Gasteiger partial charge >= 0.3 is 0 Å². The normalized spacial score (nSPS) is 22.9. The van der Waals surface area contributed by atoms with Crippen LogP contribution in [0.15, 0.2) is 51.8 Å². The summed E-state index contributed by atoms with van der Waals surface area (Å²) in [5.74, 6) is 2.07. The summed E-state index contributed by atoms with van der Waals surface area (Å²) in [6.07, 6.45) is 11.7. The van der Waals surface area contributed by atoms with Gasteiger partial charge in [-0.15, -0.1) is 0 Å². The maximum absolute atomic E-state index is 12.2. The van der Waals surface area contributed by atoms with E-state index in [0.717, 1.165) is 24.3 Å². The minimum Gasteiger partial charge on any atom is -0.464 e. The Hall–Kier alpha value is -2.60. The van der Waals surface area contributed by atoms with Gasteiger partial charge in [0.2, 0.25) is 5.91 Å². The second kappa shape index (κ2) is 9.49. The standard InChI is InChI=1S/C26H33N3O3/c1-19(30)29(26-13-17-32-27-26)22-8-6-20(7-9-22)10-14-28-15-11-21(12-16-28)24-18-31-25-5-3-2-4-23(24)25/h2-5,13,17-18,20-22H,6-12,14-16H2,1H3. The van der Waals surface area contributed by atoms with Crippen LogP contribution in [0.4, 0.5) is 5.82 Å². The van der Waals surface area contributed by atoms with Crippen LogP contribution in [0.1, 0.15) is 63.4 Å². The van der Waals surface area contributed by atoms with E-state index in [0.29, 0.717) is 11.7 Å². The lowest BCUT2D eigenvalue weighted by Gasteiger charge is -2.36. The van der Waals surface area contributed by atoms with E-state index in [-0.39, 0.29) is 11.9 Å². The zero-order valence-electron chi connectivity index (χ0n) is 18.9. The monoisotopic (exact) mass is 435 g/mol. The molecule has 170 valence electrons. The fourth-order valence-electron chi connectivity index (χ4n) is 5.77. The summed E-state index contributed by atoms with van der Waals surface area (Å²) in [6.45, 7) is 5.15. The highest BCUT2D eigenvalue weighted by Gasteiger charge is 2.30. The Morgan fingerprint density at radius 3 is 2.59 bits per heavy atom. The van der Waals surface area contributed by atoms with E-state index in [1.165, 1.54) is 69.0 Å². The van der Waals surface area contributed by atoms with Crippen LogP contribution in [0.25, 0.3) is 11.0 Å². The highest BCUT2D eigenvalue weighted by molar-refractivity contribution is 5.90. The molecule has 0 bridgehead atoms. The first-order valence-electron chi connectivity index (χ1n) is 12.1. The third kappa shape index (κ3) is 4.46. The molecule has 32 heavy (non-hydrogen) atoms. The van der Waals surface area contributed by atoms with Crippen molar-refractivity contribution in [3.63, 3.8) is 0 Å². The number of hydrogen-bond acceptors (Lipinski definition) is 5. The molecule has 3 heterocycles. The van der Waals surface area contributed by atoms with Gasteiger partial charge in [0.05, 0.1) is 6.26 Å². The Bertz CT molecular complexity index is 1010. The van der Waals surface area contributed by atoms with E-state index in [4.69, 9.17) is 8.94 Å². The second-order valence-electron chi connectivity index (χ2n) is 9.51. The van der Waals surface area contributed by atoms with Crippen LogP contribution in [-0.4, -0.2) is 41.6 Å². The van der Waals surface area contributed by atoms with Gasteiger partial charge in [0.15, 0.2) is 5.82 Å². The fourth-order valence-corrected chi connectivity index (χ4v) is 5.77. The van der Waals surface area contributed by atoms with E-state index < -0.39 is 0 Å². The summed E-state index contributed by atoms with van der Waals surface area (Å²) in [4.78, 5) is 16.6. The molecular formula is C26H33N3O3. The highest BCUT2D eigenvalue weighted by Crippen LogP contribution is 2.35. The van der Waals surface area contributed by atoms with Crippen molar-refractivity contribution >= 4 is 22.7 Å². The largest absolute Gasteiger partial charge is 0.464 e. The van der Waals surface area contributed by atoms with Gasteiger partial charge in [-0.05, 0) is 82.5 Å². The maximum atomic E-state index is 12.2. The lowest BCUT2D eigenvalue weighted by atomic mass is 9.83. The van der Waals surface area contributed by atoms with Crippen LogP contribution in [0.2, 0.25) is 0 Å². The van der Waals surface area contributed by atoms with E-state index in [9.17, 15) is 4.79 Å². The first-order chi connectivity index (χ1) is 15.7. The molecular weight excluding hydrogens is 402 g/mol. The first-order valence-corrected chi connectivity index (χ1v) is 12.1. The smallest absolute Gasteiger partial charge is 0.225 e. The van der Waals surface area contributed by atoms with Crippen molar-refractivity contribution in [3.05, 3.63) is 48.4 Å². The van der Waals surface area contributed by atoms with Crippen LogP contribution >= 0.6 is 0 Å². The van der Waals surface area contributed by atoms with E-state index in [2.05, 4.69) is 28.3 Å². The van der Waals surface area contributed by atoms with Crippen LogP contribution in [0.5, 0.6) is 0 Å². The van der Waals surface area contributed by atoms with Gasteiger partial charge in [-0.2, -0.15) is 0 Å². The number of furan rings is 1. The lowest BCUT2D eigenvalue weighted by Crippen LogP contribution is -2.42. The number of likely N-dealkylation sites (tertiary alicyclic amines) is 1. The molecule has 3 aromatic rings. The van der Waals surface area contributed by atoms with Gasteiger partial charge in [0.25, 0.3) is 0 Å². The number of hydrogen-bond donors (Lipinski definition) is 0. The summed E-state index contributed by atoms with van der Waals surface area (Å²) in [5, 5.41) is 5.27. The van der Waals surface area contributed by atoms with Gasteiger partial charge in [-0.1, -0.05) is 23.4 Å². The van der Waals surface area contributed by atoms with Gasteiger partial charge in [0.1, 0.15) is 11.8 Å². The molecule has 1 saturated carbocycles. The highest BCUT2D eigenvalue weighted by atomic mass is 16.5. The molecule has 2 fully saturated rings. The predicted octanol–water partition coefficient (Wildman–Crippen LogP) is 5.60. The van der Waals surface area contributed by atoms with Crippen LogP contribution in [0, 0.1) is 5.92 Å². The molecule has 1 amide bonds. The average Bonchev–Trinajstić information content (AvgIpc) is 3.49. The number of amides is 1. The number of fused-ring (bicyclic) bond motifs is 1. The molecule has 6 heteroatoms. The Morgan fingerprint density at radius 1 is 1.09 bits per heavy atom. The maximum Gasteiger partial charge on any atom is 0.225 e. The van der Waals surface area contributed by atoms with E-state index in [1.807, 2.05) is 17.2 Å². The molecule has 0 spiro atoms. The minimum absolute atomic E-state index is 0.0515. The minimum atomic E-state index is 0.0515. The van der Waals surface area contributed by atoms with E-state index >= 15 is 0 Å². The topological polar surface area (TPSA) is 62.7 Å². The predicted molar refractivity (Wildman–Crippen MR) is 125 cm³/mol. The number of aromatic nitrogens is 1. The molecule has 6 nitrogen and oxygen atoms in total. The number of anilines is 1. The van der Waals surface area contributed by atoms with Gasteiger partial charge in [0, 0.05) is 30.0 Å². The van der Waals surface area contributed by atoms with Crippen LogP contribution < -0.4 is 4.90 Å². The molecule has 1 saturated heterocycles. The van der Waals surface area contributed by atoms with Crippen molar-refractivity contribution in [2.45, 2.75) is 63.8 Å². The second-order valence-corrected chi connectivity index (χ2v) is 9.51. The van der Waals surface area contributed by atoms with Crippen LogP contribution in [0.3, 0.4) is 0 Å². The fraction of sp³-hybridized carbons (Fsp3) is 0.538. The third-order valence-corrected chi connectivity index (χ3v) is 7.58. The molecule has 1 aliphatic heterocycles. The Kier molecular flexibility index (Phi) is 6.30. The molecule has 0 N–H and O–H groups in total. The Labute approximate surface area is 189 Å². The molecule has 2 aliphatic rings. The summed E-state index contributed by atoms with van der Waals surface area (Å²) in [5.41, 5.74) is 2.40. The molecule has 1 aromatic carbocycles. The number of nitrogens with zero attached hydrogens (tertiary/aromatic N) is 3. The number of carbonyl (C=O) groups excluding carboxylic acids is 1. The van der Waals surface area contributed by atoms with E-state index in [1.54, 1.807) is 13.0 Å².